The summed E-state index contributed by atoms with van der Waals surface area (Å²) in [5.41, 5.74) is 0.893. The van der Waals surface area contributed by atoms with Crippen molar-refractivity contribution in [3.05, 3.63) is 11.5 Å². The van der Waals surface area contributed by atoms with Crippen molar-refractivity contribution in [2.24, 2.45) is 11.8 Å². The molecular weight excluding hydrogens is 275 g/mol. The van der Waals surface area contributed by atoms with Crippen LogP contribution in [0.4, 0.5) is 0 Å². The summed E-state index contributed by atoms with van der Waals surface area (Å²) in [7, 11) is 0. The van der Waals surface area contributed by atoms with E-state index in [9.17, 15) is 5.11 Å². The Morgan fingerprint density at radius 2 is 1.55 bits per heavy atom. The smallest absolute Gasteiger partial charge is 0.609 e. The maximum absolute atomic E-state index is 12.3. The second-order valence-corrected chi connectivity index (χ2v) is 6.92. The van der Waals surface area contributed by atoms with Gasteiger partial charge in [-0.25, -0.2) is 0 Å². The molecule has 4 nitrogen and oxygen atoms in total. The normalized spacial score (nSPS) is 21.3. The van der Waals surface area contributed by atoms with E-state index in [1.807, 2.05) is 0 Å². The molecule has 0 unspecified atom stereocenters. The Morgan fingerprint density at radius 1 is 1.05 bits per heavy atom. The van der Waals surface area contributed by atoms with Crippen LogP contribution in [0.2, 0.25) is 0 Å². The van der Waals surface area contributed by atoms with E-state index in [-0.39, 0.29) is 30.9 Å². The summed E-state index contributed by atoms with van der Waals surface area (Å²) in [4.78, 5) is 0. The number of hydrogen-bond acceptors (Lipinski definition) is 4. The van der Waals surface area contributed by atoms with Crippen molar-refractivity contribution < 1.29 is 38.2 Å². The summed E-state index contributed by atoms with van der Waals surface area (Å²) in [6, 6.07) is 0. The standard InChI is InChI=1S/C17H30O4.Li/c1-12(2)15(13(3)4)21-16(18)14-6-8-17(9-7-14)19-10-5-11-20-17;/h12-13,15,18H,5-11H2,1-4H3;/q;+1/p-1. The van der Waals surface area contributed by atoms with Crippen LogP contribution in [0.1, 0.15) is 59.8 Å². The van der Waals surface area contributed by atoms with Gasteiger partial charge in [0.15, 0.2) is 5.79 Å². The van der Waals surface area contributed by atoms with Crippen LogP contribution in [0.25, 0.3) is 0 Å². The summed E-state index contributed by atoms with van der Waals surface area (Å²) >= 11 is 0. The van der Waals surface area contributed by atoms with E-state index in [0.29, 0.717) is 11.8 Å². The minimum atomic E-state index is -0.433. The first-order valence-corrected chi connectivity index (χ1v) is 8.27. The van der Waals surface area contributed by atoms with Gasteiger partial charge >= 0.3 is 18.9 Å². The third-order valence-electron chi connectivity index (χ3n) is 4.48. The van der Waals surface area contributed by atoms with Crippen LogP contribution in [0.3, 0.4) is 0 Å². The third kappa shape index (κ3) is 4.93. The van der Waals surface area contributed by atoms with Gasteiger partial charge in [0.25, 0.3) is 0 Å². The molecule has 0 aromatic rings. The third-order valence-corrected chi connectivity index (χ3v) is 4.48. The molecule has 1 saturated heterocycles. The molecule has 2 rings (SSSR count). The molecule has 122 valence electrons. The molecule has 2 fully saturated rings. The Balaban J connectivity index is 0.00000242. The zero-order chi connectivity index (χ0) is 15.5. The maximum Gasteiger partial charge on any atom is 1.00 e. The number of ether oxygens (including phenoxy) is 3. The first-order valence-electron chi connectivity index (χ1n) is 8.27. The molecule has 1 spiro atoms. The Kier molecular flexibility index (Phi) is 7.81. The van der Waals surface area contributed by atoms with E-state index >= 15 is 0 Å². The second-order valence-electron chi connectivity index (χ2n) is 6.92. The maximum atomic E-state index is 12.3. The molecule has 1 saturated carbocycles. The van der Waals surface area contributed by atoms with Gasteiger partial charge in [-0.2, -0.15) is 0 Å². The SMILES string of the molecule is CC(C)C(OC([O-])=C1CCC2(CC1)OCCCO2)C(C)C.[Li+]. The molecule has 0 aromatic heterocycles. The van der Waals surface area contributed by atoms with Gasteiger partial charge in [0, 0.05) is 18.9 Å². The van der Waals surface area contributed by atoms with Crippen LogP contribution in [0.15, 0.2) is 11.5 Å². The molecular formula is C17H29LiO4. The predicted octanol–water partition coefficient (Wildman–Crippen LogP) is -0.0333. The van der Waals surface area contributed by atoms with Crippen molar-refractivity contribution in [1.82, 2.24) is 0 Å². The van der Waals surface area contributed by atoms with Gasteiger partial charge in [0.1, 0.15) is 0 Å². The summed E-state index contributed by atoms with van der Waals surface area (Å²) in [5.74, 6) is 0.134. The molecule has 0 radical (unpaired) electrons. The number of hydrogen-bond donors (Lipinski definition) is 0. The van der Waals surface area contributed by atoms with Crippen molar-refractivity contribution in [2.75, 3.05) is 13.2 Å². The van der Waals surface area contributed by atoms with Gasteiger partial charge in [-0.05, 0) is 36.7 Å². The molecule has 2 aliphatic rings. The Morgan fingerprint density at radius 3 is 2.00 bits per heavy atom. The van der Waals surface area contributed by atoms with Crippen molar-refractivity contribution in [3.63, 3.8) is 0 Å². The van der Waals surface area contributed by atoms with Gasteiger partial charge < -0.3 is 19.3 Å². The van der Waals surface area contributed by atoms with Crippen LogP contribution in [0, 0.1) is 11.8 Å². The first kappa shape index (κ1) is 19.9. The van der Waals surface area contributed by atoms with Crippen LogP contribution >= 0.6 is 0 Å². The molecule has 1 aliphatic carbocycles. The molecule has 5 heteroatoms. The molecule has 1 aliphatic heterocycles. The topological polar surface area (TPSA) is 50.8 Å². The van der Waals surface area contributed by atoms with Crippen LogP contribution < -0.4 is 24.0 Å². The molecule has 0 atom stereocenters. The summed E-state index contributed by atoms with van der Waals surface area (Å²) in [5, 5.41) is 12.3. The Hall–Kier alpha value is -0.143. The molecule has 1 heterocycles. The van der Waals surface area contributed by atoms with Crippen molar-refractivity contribution in [3.8, 4) is 0 Å². The van der Waals surface area contributed by atoms with Gasteiger partial charge in [-0.3, -0.25) is 0 Å². The molecule has 0 N–H and O–H groups in total. The fourth-order valence-electron chi connectivity index (χ4n) is 3.29. The van der Waals surface area contributed by atoms with E-state index in [2.05, 4.69) is 27.7 Å². The summed E-state index contributed by atoms with van der Waals surface area (Å²) < 4.78 is 17.3. The van der Waals surface area contributed by atoms with Gasteiger partial charge in [-0.15, -0.1) is 0 Å². The van der Waals surface area contributed by atoms with Crippen molar-refractivity contribution >= 4 is 0 Å². The van der Waals surface area contributed by atoms with Gasteiger partial charge in [0.05, 0.1) is 19.2 Å². The average molecular weight is 304 g/mol. The minimum Gasteiger partial charge on any atom is -0.609 e. The predicted molar refractivity (Wildman–Crippen MR) is 79.3 cm³/mol. The largest absolute Gasteiger partial charge is 1.00 e. The van der Waals surface area contributed by atoms with E-state index in [1.165, 1.54) is 0 Å². The fraction of sp³-hybridized carbons (Fsp3) is 0.882. The zero-order valence-electron chi connectivity index (χ0n) is 14.8. The Labute approximate surface area is 146 Å². The second kappa shape index (κ2) is 8.64. The fourth-order valence-corrected chi connectivity index (χ4v) is 3.29. The summed E-state index contributed by atoms with van der Waals surface area (Å²) in [6.45, 7) is 9.93. The summed E-state index contributed by atoms with van der Waals surface area (Å²) in [6.07, 6.45) is 3.94. The monoisotopic (exact) mass is 304 g/mol. The average Bonchev–Trinajstić information content (AvgIpc) is 2.45. The number of rotatable bonds is 4. The van der Waals surface area contributed by atoms with Crippen LogP contribution in [-0.4, -0.2) is 25.1 Å². The van der Waals surface area contributed by atoms with E-state index in [0.717, 1.165) is 50.9 Å². The van der Waals surface area contributed by atoms with Crippen molar-refractivity contribution in [1.29, 1.82) is 0 Å². The minimum absolute atomic E-state index is 0. The number of allylic oxidation sites excluding steroid dienone is 1. The Bertz CT molecular complexity index is 353. The van der Waals surface area contributed by atoms with E-state index in [4.69, 9.17) is 14.2 Å². The quantitative estimate of drug-likeness (QED) is 0.540. The molecule has 22 heavy (non-hydrogen) atoms. The molecule has 0 aromatic carbocycles. The molecule has 0 amide bonds. The van der Waals surface area contributed by atoms with Gasteiger partial charge in [-0.1, -0.05) is 27.7 Å². The van der Waals surface area contributed by atoms with Crippen LogP contribution in [0.5, 0.6) is 0 Å². The van der Waals surface area contributed by atoms with Crippen LogP contribution in [-0.2, 0) is 14.2 Å². The van der Waals surface area contributed by atoms with E-state index in [1.54, 1.807) is 0 Å². The van der Waals surface area contributed by atoms with Gasteiger partial charge in [0.2, 0.25) is 0 Å². The zero-order valence-corrected chi connectivity index (χ0v) is 14.8. The molecule has 0 bridgehead atoms. The first-order chi connectivity index (χ1) is 9.93. The van der Waals surface area contributed by atoms with E-state index < -0.39 is 5.79 Å². The van der Waals surface area contributed by atoms with Crippen molar-refractivity contribution in [2.45, 2.75) is 71.7 Å².